The number of para-hydroxylation sites is 2. The Morgan fingerprint density at radius 2 is 0.704 bits per heavy atom. The van der Waals surface area contributed by atoms with Crippen molar-refractivity contribution in [2.75, 3.05) is 9.80 Å². The van der Waals surface area contributed by atoms with E-state index in [1.165, 1.54) is 87.8 Å². The maximum absolute atomic E-state index is 2.43. The minimum atomic E-state index is 1.15. The van der Waals surface area contributed by atoms with Crippen LogP contribution < -0.4 is 9.80 Å². The molecule has 0 radical (unpaired) electrons. The van der Waals surface area contributed by atoms with Gasteiger partial charge in [0.2, 0.25) is 0 Å². The normalized spacial score (nSPS) is 11.5. The molecule has 0 aromatic heterocycles. The minimum absolute atomic E-state index is 1.15. The van der Waals surface area contributed by atoms with Gasteiger partial charge in [-0.25, -0.2) is 0 Å². The molecule has 0 unspecified atom stereocenters. The van der Waals surface area contributed by atoms with Gasteiger partial charge in [0, 0.05) is 22.7 Å². The highest BCUT2D eigenvalue weighted by Gasteiger charge is 2.21. The highest BCUT2D eigenvalue weighted by molar-refractivity contribution is 6.31. The van der Waals surface area contributed by atoms with Crippen LogP contribution in [0.1, 0.15) is 33.4 Å². The van der Waals surface area contributed by atoms with Crippen LogP contribution in [0.2, 0.25) is 0 Å². The average Bonchev–Trinajstić information content (AvgIpc) is 3.17. The second kappa shape index (κ2) is 13.2. The molecule has 2 nitrogen and oxygen atoms in total. The number of hydrogen-bond donors (Lipinski definition) is 0. The van der Waals surface area contributed by atoms with E-state index < -0.39 is 0 Å². The van der Waals surface area contributed by atoms with Crippen molar-refractivity contribution in [1.82, 2.24) is 0 Å². The van der Waals surface area contributed by atoms with Gasteiger partial charge in [0.25, 0.3) is 0 Å². The molecule has 0 saturated heterocycles. The summed E-state index contributed by atoms with van der Waals surface area (Å²) < 4.78 is 0. The van der Waals surface area contributed by atoms with Crippen LogP contribution in [0.4, 0.5) is 34.1 Å². The zero-order valence-corrected chi connectivity index (χ0v) is 31.9. The average molecular weight is 697 g/mol. The standard InChI is InChI=1S/C52H44N2/c1-33-27-35(3)51(36(4)28-33)53(40-15-9-7-10-16-40)42-22-25-44-39(31-42)21-24-48-46-26-23-43(32-49(46)45-19-13-14-20-47(45)50(44)48)54(41-17-11-8-12-18-41)52-37(5)29-34(2)30-38(52)6/h7-32H,1-6H3. The number of nitrogens with zero attached hydrogens (tertiary/aromatic N) is 2. The Kier molecular flexibility index (Phi) is 8.20. The topological polar surface area (TPSA) is 6.48 Å². The van der Waals surface area contributed by atoms with E-state index in [9.17, 15) is 0 Å². The number of hydrogen-bond acceptors (Lipinski definition) is 2. The van der Waals surface area contributed by atoms with Crippen LogP contribution in [0.3, 0.4) is 0 Å². The third kappa shape index (κ3) is 5.58. The molecular formula is C52H44N2. The molecule has 0 saturated carbocycles. The molecule has 9 aromatic rings. The van der Waals surface area contributed by atoms with Crippen LogP contribution in [-0.2, 0) is 0 Å². The van der Waals surface area contributed by atoms with Gasteiger partial charge < -0.3 is 9.80 Å². The molecule has 0 aliphatic rings. The van der Waals surface area contributed by atoms with Crippen molar-refractivity contribution in [3.8, 4) is 0 Å². The van der Waals surface area contributed by atoms with Crippen LogP contribution in [-0.4, -0.2) is 0 Å². The van der Waals surface area contributed by atoms with Gasteiger partial charge in [-0.15, -0.1) is 0 Å². The van der Waals surface area contributed by atoms with Crippen LogP contribution in [0.15, 0.2) is 158 Å². The molecule has 0 fully saturated rings. The summed E-state index contributed by atoms with van der Waals surface area (Å²) in [4.78, 5) is 4.85. The zero-order valence-electron chi connectivity index (χ0n) is 31.9. The third-order valence-electron chi connectivity index (χ3n) is 11.0. The SMILES string of the molecule is Cc1cc(C)c(N(c2ccccc2)c2ccc3c(ccc4c5ccc(N(c6ccccc6)c6c(C)cc(C)cc6C)cc5c5ccccc5c34)c2)c(C)c1. The molecule has 0 aliphatic carbocycles. The lowest BCUT2D eigenvalue weighted by molar-refractivity contribution is 1.21. The molecule has 0 atom stereocenters. The van der Waals surface area contributed by atoms with Gasteiger partial charge in [0.15, 0.2) is 0 Å². The second-order valence-corrected chi connectivity index (χ2v) is 15.0. The predicted molar refractivity (Wildman–Crippen MR) is 234 cm³/mol. The Bertz CT molecular complexity index is 2820. The summed E-state index contributed by atoms with van der Waals surface area (Å²) in [6, 6.07) is 58.4. The molecule has 0 aliphatic heterocycles. The first kappa shape index (κ1) is 33.5. The third-order valence-corrected chi connectivity index (χ3v) is 11.0. The fraction of sp³-hybridized carbons (Fsp3) is 0.115. The van der Waals surface area contributed by atoms with Crippen molar-refractivity contribution >= 4 is 77.2 Å². The first-order valence-corrected chi connectivity index (χ1v) is 18.9. The highest BCUT2D eigenvalue weighted by Crippen LogP contribution is 2.46. The number of fused-ring (bicyclic) bond motifs is 8. The van der Waals surface area contributed by atoms with Crippen LogP contribution >= 0.6 is 0 Å². The van der Waals surface area contributed by atoms with Gasteiger partial charge in [0.05, 0.1) is 11.4 Å². The number of rotatable bonds is 6. The van der Waals surface area contributed by atoms with Crippen molar-refractivity contribution in [3.63, 3.8) is 0 Å². The van der Waals surface area contributed by atoms with Gasteiger partial charge in [-0.05, 0) is 155 Å². The maximum Gasteiger partial charge on any atom is 0.0520 e. The van der Waals surface area contributed by atoms with Gasteiger partial charge in [-0.1, -0.05) is 120 Å². The Morgan fingerprint density at radius 1 is 0.296 bits per heavy atom. The number of benzene rings is 9. The fourth-order valence-corrected chi connectivity index (χ4v) is 9.05. The monoisotopic (exact) mass is 696 g/mol. The molecule has 0 bridgehead atoms. The van der Waals surface area contributed by atoms with E-state index in [0.717, 1.165) is 22.7 Å². The summed E-state index contributed by atoms with van der Waals surface area (Å²) in [5.74, 6) is 0. The molecule has 9 aromatic carbocycles. The largest absolute Gasteiger partial charge is 0.310 e. The van der Waals surface area contributed by atoms with E-state index in [0.29, 0.717) is 0 Å². The van der Waals surface area contributed by atoms with Crippen LogP contribution in [0.5, 0.6) is 0 Å². The second-order valence-electron chi connectivity index (χ2n) is 15.0. The van der Waals surface area contributed by atoms with Crippen molar-refractivity contribution in [2.45, 2.75) is 41.5 Å². The molecule has 54 heavy (non-hydrogen) atoms. The molecule has 0 N–H and O–H groups in total. The Hall–Kier alpha value is -6.38. The van der Waals surface area contributed by atoms with Crippen molar-refractivity contribution < 1.29 is 0 Å². The van der Waals surface area contributed by atoms with Crippen molar-refractivity contribution in [2.24, 2.45) is 0 Å². The Labute approximate surface area is 318 Å². The number of aryl methyl sites for hydroxylation is 6. The van der Waals surface area contributed by atoms with E-state index in [4.69, 9.17) is 0 Å². The summed E-state index contributed by atoms with van der Waals surface area (Å²) in [7, 11) is 0. The summed E-state index contributed by atoms with van der Waals surface area (Å²) >= 11 is 0. The van der Waals surface area contributed by atoms with Crippen molar-refractivity contribution in [1.29, 1.82) is 0 Å². The lowest BCUT2D eigenvalue weighted by Crippen LogP contribution is -2.13. The quantitative estimate of drug-likeness (QED) is 0.160. The molecular weight excluding hydrogens is 653 g/mol. The summed E-state index contributed by atoms with van der Waals surface area (Å²) in [6.07, 6.45) is 0. The lowest BCUT2D eigenvalue weighted by atomic mass is 9.90. The van der Waals surface area contributed by atoms with Gasteiger partial charge >= 0.3 is 0 Å². The first-order chi connectivity index (χ1) is 26.3. The molecule has 262 valence electrons. The van der Waals surface area contributed by atoms with Crippen LogP contribution in [0.25, 0.3) is 43.1 Å². The smallest absolute Gasteiger partial charge is 0.0520 e. The highest BCUT2D eigenvalue weighted by atomic mass is 15.2. The molecule has 0 heterocycles. The summed E-state index contributed by atoms with van der Waals surface area (Å²) in [5.41, 5.74) is 14.7. The summed E-state index contributed by atoms with van der Waals surface area (Å²) in [6.45, 7) is 13.3. The fourth-order valence-electron chi connectivity index (χ4n) is 9.05. The molecule has 0 amide bonds. The Morgan fingerprint density at radius 3 is 1.24 bits per heavy atom. The summed E-state index contributed by atoms with van der Waals surface area (Å²) in [5, 5.41) is 10.1. The number of anilines is 6. The van der Waals surface area contributed by atoms with E-state index in [1.807, 2.05) is 0 Å². The zero-order chi connectivity index (χ0) is 37.1. The van der Waals surface area contributed by atoms with Crippen LogP contribution in [0, 0.1) is 41.5 Å². The minimum Gasteiger partial charge on any atom is -0.310 e. The van der Waals surface area contributed by atoms with E-state index in [1.54, 1.807) is 0 Å². The molecule has 2 heteroatoms. The Balaban J connectivity index is 1.27. The molecule has 0 spiro atoms. The first-order valence-electron chi connectivity index (χ1n) is 18.9. The predicted octanol–water partition coefficient (Wildman–Crippen LogP) is 15.1. The van der Waals surface area contributed by atoms with Gasteiger partial charge in [-0.2, -0.15) is 0 Å². The van der Waals surface area contributed by atoms with Crippen molar-refractivity contribution in [3.05, 3.63) is 191 Å². The molecule has 9 rings (SSSR count). The lowest BCUT2D eigenvalue weighted by Gasteiger charge is -2.30. The maximum atomic E-state index is 2.43. The van der Waals surface area contributed by atoms with E-state index in [-0.39, 0.29) is 0 Å². The van der Waals surface area contributed by atoms with Gasteiger partial charge in [0.1, 0.15) is 0 Å². The van der Waals surface area contributed by atoms with E-state index in [2.05, 4.69) is 209 Å². The van der Waals surface area contributed by atoms with Gasteiger partial charge in [-0.3, -0.25) is 0 Å². The van der Waals surface area contributed by atoms with E-state index >= 15 is 0 Å².